The topological polar surface area (TPSA) is 100 Å². The monoisotopic (exact) mass is 434 g/mol. The molecule has 7 heteroatoms. The molecule has 32 heavy (non-hydrogen) atoms. The van der Waals surface area contributed by atoms with Gasteiger partial charge >= 0.3 is 0 Å². The minimum atomic E-state index is -0.373. The summed E-state index contributed by atoms with van der Waals surface area (Å²) in [5, 5.41) is 4.02. The normalized spacial score (nSPS) is 11.9. The Kier molecular flexibility index (Phi) is 7.44. The highest BCUT2D eigenvalue weighted by Gasteiger charge is 2.14. The molecule has 0 fully saturated rings. The van der Waals surface area contributed by atoms with E-state index in [1.54, 1.807) is 36.4 Å². The Labute approximate surface area is 187 Å². The zero-order chi connectivity index (χ0) is 23.1. The van der Waals surface area contributed by atoms with Crippen LogP contribution in [0, 0.1) is 11.7 Å². The van der Waals surface area contributed by atoms with Crippen LogP contribution >= 0.6 is 0 Å². The van der Waals surface area contributed by atoms with Gasteiger partial charge in [-0.2, -0.15) is 0 Å². The second-order valence-electron chi connectivity index (χ2n) is 7.59. The van der Waals surface area contributed by atoms with Crippen molar-refractivity contribution in [1.29, 1.82) is 0 Å². The summed E-state index contributed by atoms with van der Waals surface area (Å²) in [6, 6.07) is 9.87. The van der Waals surface area contributed by atoms with Gasteiger partial charge in [0.15, 0.2) is 5.76 Å². The zero-order valence-corrected chi connectivity index (χ0v) is 18.2. The number of rotatable bonds is 9. The fourth-order valence-electron chi connectivity index (χ4n) is 3.01. The number of nitrogens with zero attached hydrogens (tertiary/aromatic N) is 2. The smallest absolute Gasteiger partial charge is 0.170 e. The van der Waals surface area contributed by atoms with Gasteiger partial charge in [-0.05, 0) is 35.3 Å². The lowest BCUT2D eigenvalue weighted by Crippen LogP contribution is -2.07. The highest BCUT2D eigenvalue weighted by Crippen LogP contribution is 2.27. The van der Waals surface area contributed by atoms with Crippen LogP contribution in [0.5, 0.6) is 5.75 Å². The van der Waals surface area contributed by atoms with E-state index in [4.69, 9.17) is 20.7 Å². The van der Waals surface area contributed by atoms with E-state index in [0.717, 1.165) is 5.57 Å². The van der Waals surface area contributed by atoms with Gasteiger partial charge < -0.3 is 20.7 Å². The number of nitrogens with two attached hydrogens (primary N) is 2. The molecular weight excluding hydrogens is 407 g/mol. The molecule has 0 saturated heterocycles. The van der Waals surface area contributed by atoms with Crippen LogP contribution in [-0.4, -0.2) is 16.7 Å². The van der Waals surface area contributed by atoms with Crippen molar-refractivity contribution in [3.63, 3.8) is 0 Å². The highest BCUT2D eigenvalue weighted by atomic mass is 19.1. The molecule has 0 radical (unpaired) electrons. The molecule has 0 aliphatic heterocycles. The zero-order valence-electron chi connectivity index (χ0n) is 18.2. The largest absolute Gasteiger partial charge is 0.489 e. The van der Waals surface area contributed by atoms with E-state index in [-0.39, 0.29) is 18.1 Å². The fourth-order valence-corrected chi connectivity index (χ4v) is 3.01. The summed E-state index contributed by atoms with van der Waals surface area (Å²) in [6.45, 7) is 8.20. The van der Waals surface area contributed by atoms with Crippen LogP contribution in [0.3, 0.4) is 0 Å². The van der Waals surface area contributed by atoms with E-state index in [9.17, 15) is 4.39 Å². The van der Waals surface area contributed by atoms with Crippen molar-refractivity contribution in [2.45, 2.75) is 20.3 Å². The summed E-state index contributed by atoms with van der Waals surface area (Å²) >= 11 is 0. The van der Waals surface area contributed by atoms with Crippen molar-refractivity contribution in [3.05, 3.63) is 89.9 Å². The van der Waals surface area contributed by atoms with Crippen molar-refractivity contribution in [3.8, 4) is 17.1 Å². The maximum Gasteiger partial charge on any atom is 0.170 e. The number of aromatic nitrogens is 2. The number of anilines is 2. The number of allylic oxidation sites excluding steroid dienone is 4. The third-order valence-electron chi connectivity index (χ3n) is 4.87. The molecule has 0 amide bonds. The molecule has 2 heterocycles. The molecule has 0 aliphatic rings. The summed E-state index contributed by atoms with van der Waals surface area (Å²) in [5.41, 5.74) is 14.2. The van der Waals surface area contributed by atoms with E-state index in [0.29, 0.717) is 46.7 Å². The van der Waals surface area contributed by atoms with Gasteiger partial charge in [-0.1, -0.05) is 56.0 Å². The van der Waals surface area contributed by atoms with Crippen molar-refractivity contribution in [2.24, 2.45) is 5.92 Å². The van der Waals surface area contributed by atoms with Crippen LogP contribution in [0.4, 0.5) is 16.0 Å². The van der Waals surface area contributed by atoms with Gasteiger partial charge in [0, 0.05) is 18.6 Å². The van der Waals surface area contributed by atoms with E-state index < -0.39 is 0 Å². The minimum absolute atomic E-state index is 0.246. The summed E-state index contributed by atoms with van der Waals surface area (Å²) < 4.78 is 25.8. The first kappa shape index (κ1) is 22.8. The van der Waals surface area contributed by atoms with Gasteiger partial charge in [0.1, 0.15) is 29.8 Å². The van der Waals surface area contributed by atoms with E-state index in [2.05, 4.69) is 30.6 Å². The summed E-state index contributed by atoms with van der Waals surface area (Å²) in [4.78, 5) is 4.01. The van der Waals surface area contributed by atoms with Gasteiger partial charge in [0.25, 0.3) is 0 Å². The maximum atomic E-state index is 14.7. The van der Waals surface area contributed by atoms with Crippen molar-refractivity contribution in [2.75, 3.05) is 18.1 Å². The number of benzene rings is 1. The maximum absolute atomic E-state index is 14.7. The lowest BCUT2D eigenvalue weighted by molar-refractivity contribution is 0.337. The van der Waals surface area contributed by atoms with Crippen molar-refractivity contribution in [1.82, 2.24) is 10.1 Å². The Morgan fingerprint density at radius 1 is 1.19 bits per heavy atom. The molecule has 166 valence electrons. The minimum Gasteiger partial charge on any atom is -0.489 e. The van der Waals surface area contributed by atoms with Crippen LogP contribution in [-0.2, 0) is 6.42 Å². The first-order valence-electron chi connectivity index (χ1n) is 10.2. The molecule has 0 atom stereocenters. The van der Waals surface area contributed by atoms with E-state index >= 15 is 0 Å². The summed E-state index contributed by atoms with van der Waals surface area (Å²) in [5.74, 6) is 1.41. The van der Waals surface area contributed by atoms with E-state index in [1.807, 2.05) is 18.2 Å². The second-order valence-corrected chi connectivity index (χ2v) is 7.59. The Hall–Kier alpha value is -3.87. The molecule has 0 saturated carbocycles. The standard InChI is InChI=1S/C25H27FN4O2/c1-4-5-6-7-18(16(2)3)15-31-20-9-8-17(22(26)14-20)12-19-13-23(32-30-19)21-10-11-24(27)29-25(21)28/h4-11,13-14,16H,1,12,15H2,2-3H3,(H4,27,28,29)/b6-5-,18-7-. The molecule has 2 aromatic heterocycles. The lowest BCUT2D eigenvalue weighted by atomic mass is 10.0. The van der Waals surface area contributed by atoms with Gasteiger partial charge in [-0.25, -0.2) is 9.37 Å². The number of pyridine rings is 1. The van der Waals surface area contributed by atoms with Crippen molar-refractivity contribution < 1.29 is 13.7 Å². The molecule has 0 unspecified atom stereocenters. The molecule has 0 spiro atoms. The van der Waals surface area contributed by atoms with E-state index in [1.165, 1.54) is 6.07 Å². The van der Waals surface area contributed by atoms with Crippen LogP contribution in [0.25, 0.3) is 11.3 Å². The van der Waals surface area contributed by atoms with Gasteiger partial charge in [-0.15, -0.1) is 0 Å². The van der Waals surface area contributed by atoms with Crippen LogP contribution in [0.2, 0.25) is 0 Å². The van der Waals surface area contributed by atoms with Gasteiger partial charge in [-0.3, -0.25) is 0 Å². The number of halogens is 1. The Morgan fingerprint density at radius 3 is 2.69 bits per heavy atom. The molecule has 4 N–H and O–H groups in total. The number of nitrogen functional groups attached to an aromatic ring is 2. The number of hydrogen-bond acceptors (Lipinski definition) is 6. The SMILES string of the molecule is C=C/C=C\C=C(\COc1ccc(Cc2cc(-c3ccc(N)nc3N)on2)c(F)c1)C(C)C. The molecule has 1 aromatic carbocycles. The third-order valence-corrected chi connectivity index (χ3v) is 4.87. The highest BCUT2D eigenvalue weighted by molar-refractivity contribution is 5.71. The predicted octanol–water partition coefficient (Wildman–Crippen LogP) is 5.33. The second kappa shape index (κ2) is 10.4. The summed E-state index contributed by atoms with van der Waals surface area (Å²) in [7, 11) is 0. The van der Waals surface area contributed by atoms with Crippen LogP contribution < -0.4 is 16.2 Å². The predicted molar refractivity (Wildman–Crippen MR) is 126 cm³/mol. The molecule has 0 bridgehead atoms. The fraction of sp³-hybridized carbons (Fsp3) is 0.200. The molecule has 3 rings (SSSR count). The number of hydrogen-bond donors (Lipinski definition) is 2. The van der Waals surface area contributed by atoms with Gasteiger partial charge in [0.2, 0.25) is 0 Å². The molecule has 0 aliphatic carbocycles. The average molecular weight is 435 g/mol. The number of ether oxygens (including phenoxy) is 1. The molecule has 6 nitrogen and oxygen atoms in total. The Balaban J connectivity index is 1.68. The Bertz CT molecular complexity index is 1150. The van der Waals surface area contributed by atoms with Crippen LogP contribution in [0.1, 0.15) is 25.1 Å². The first-order valence-corrected chi connectivity index (χ1v) is 10.2. The molecule has 3 aromatic rings. The first-order chi connectivity index (χ1) is 15.4. The van der Waals surface area contributed by atoms with Crippen LogP contribution in [0.15, 0.2) is 77.4 Å². The quantitative estimate of drug-likeness (QED) is 0.441. The lowest BCUT2D eigenvalue weighted by Gasteiger charge is -2.13. The average Bonchev–Trinajstić information content (AvgIpc) is 3.20. The van der Waals surface area contributed by atoms with Crippen molar-refractivity contribution >= 4 is 11.6 Å². The molecular formula is C25H27FN4O2. The third kappa shape index (κ3) is 5.85. The Morgan fingerprint density at radius 2 is 2.00 bits per heavy atom. The van der Waals surface area contributed by atoms with Gasteiger partial charge in [0.05, 0.1) is 11.3 Å². The summed E-state index contributed by atoms with van der Waals surface area (Å²) in [6.07, 6.45) is 7.73.